The molecule has 9 nitrogen and oxygen atoms in total. The minimum absolute atomic E-state index is 0.0644. The van der Waals surface area contributed by atoms with E-state index in [1.165, 1.54) is 22.6 Å². The zero-order valence-electron chi connectivity index (χ0n) is 13.8. The number of hydrogen-bond acceptors (Lipinski definition) is 7. The number of imidazole rings is 1. The molecule has 1 unspecified atom stereocenters. The minimum atomic E-state index is -3.52. The van der Waals surface area contributed by atoms with Crippen molar-refractivity contribution in [2.75, 3.05) is 6.26 Å². The first kappa shape index (κ1) is 17.2. The van der Waals surface area contributed by atoms with Crippen molar-refractivity contribution in [3.63, 3.8) is 0 Å². The number of carbonyl (C=O) groups is 2. The van der Waals surface area contributed by atoms with Crippen molar-refractivity contribution >= 4 is 43.5 Å². The van der Waals surface area contributed by atoms with Gasteiger partial charge >= 0.3 is 5.97 Å². The predicted molar refractivity (Wildman–Crippen MR) is 91.2 cm³/mol. The van der Waals surface area contributed by atoms with Crippen LogP contribution in [0.4, 0.5) is 0 Å². The second-order valence-electron chi connectivity index (χ2n) is 6.51. The first-order valence-corrected chi connectivity index (χ1v) is 10.5. The molecule has 0 radical (unpaired) electrons. The summed E-state index contributed by atoms with van der Waals surface area (Å²) in [6, 6.07) is -0.391. The number of β-lactam (4-membered cyclic amide) rings is 1. The molecule has 2 aliphatic rings. The summed E-state index contributed by atoms with van der Waals surface area (Å²) in [5, 5.41) is 19.3. The molecule has 0 aliphatic carbocycles. The van der Waals surface area contributed by atoms with Crippen LogP contribution in [0.15, 0.2) is 23.2 Å². The molecule has 2 aromatic heterocycles. The number of carbonyl (C=O) groups excluding carboxylic acids is 1. The van der Waals surface area contributed by atoms with Crippen LogP contribution in [0.2, 0.25) is 0 Å². The average molecular weight is 397 g/mol. The molecule has 3 atom stereocenters. The highest BCUT2D eigenvalue weighted by Gasteiger charge is 2.57. The summed E-state index contributed by atoms with van der Waals surface area (Å²) in [5.74, 6) is -2.25. The van der Waals surface area contributed by atoms with Crippen LogP contribution in [0.25, 0.3) is 10.4 Å². The number of aromatic nitrogens is 2. The number of nitrogens with zero attached hydrogens (tertiary/aromatic N) is 3. The number of aliphatic hydroxyl groups is 1. The summed E-state index contributed by atoms with van der Waals surface area (Å²) >= 11 is 1.12. The Hall–Kier alpha value is -2.24. The fourth-order valence-electron chi connectivity index (χ4n) is 3.66. The zero-order chi connectivity index (χ0) is 19.0. The summed E-state index contributed by atoms with van der Waals surface area (Å²) in [5.41, 5.74) is 0.363. The maximum absolute atomic E-state index is 12.3. The number of rotatable bonds is 4. The lowest BCUT2D eigenvalue weighted by atomic mass is 9.83. The van der Waals surface area contributed by atoms with E-state index >= 15 is 0 Å². The number of carboxylic acids is 1. The lowest BCUT2D eigenvalue weighted by molar-refractivity contribution is -0.161. The molecule has 2 aliphatic heterocycles. The van der Waals surface area contributed by atoms with Gasteiger partial charge in [0, 0.05) is 18.0 Å². The monoisotopic (exact) mass is 397 g/mol. The summed E-state index contributed by atoms with van der Waals surface area (Å²) < 4.78 is 25.2. The molecule has 0 spiro atoms. The zero-order valence-corrected chi connectivity index (χ0v) is 15.4. The van der Waals surface area contributed by atoms with Crippen LogP contribution in [0.1, 0.15) is 18.2 Å². The molecule has 4 rings (SSSR count). The van der Waals surface area contributed by atoms with Crippen molar-refractivity contribution in [1.82, 2.24) is 14.3 Å². The average Bonchev–Trinajstić information content (AvgIpc) is 3.14. The third kappa shape index (κ3) is 2.24. The van der Waals surface area contributed by atoms with E-state index < -0.39 is 39.8 Å². The van der Waals surface area contributed by atoms with Crippen molar-refractivity contribution in [2.24, 2.45) is 5.92 Å². The van der Waals surface area contributed by atoms with Gasteiger partial charge in [0.1, 0.15) is 16.9 Å². The quantitative estimate of drug-likeness (QED) is 0.705. The summed E-state index contributed by atoms with van der Waals surface area (Å²) in [6.45, 7) is 1.51. The molecule has 2 aromatic rings. The van der Waals surface area contributed by atoms with Gasteiger partial charge in [0.15, 0.2) is 14.9 Å². The van der Waals surface area contributed by atoms with Crippen LogP contribution in [0.3, 0.4) is 0 Å². The van der Waals surface area contributed by atoms with Gasteiger partial charge in [-0.2, -0.15) is 0 Å². The normalized spacial score (nSPS) is 24.1. The van der Waals surface area contributed by atoms with Gasteiger partial charge in [0.2, 0.25) is 5.91 Å². The number of sulfone groups is 1. The molecule has 0 saturated carbocycles. The Morgan fingerprint density at radius 3 is 2.73 bits per heavy atom. The second kappa shape index (κ2) is 5.38. The predicted octanol–water partition coefficient (Wildman–Crippen LogP) is 0.206. The molecule has 26 heavy (non-hydrogen) atoms. The molecule has 0 aromatic carbocycles. The van der Waals surface area contributed by atoms with E-state index in [-0.39, 0.29) is 10.7 Å². The van der Waals surface area contributed by atoms with Crippen LogP contribution < -0.4 is 0 Å². The van der Waals surface area contributed by atoms with E-state index in [0.29, 0.717) is 21.7 Å². The van der Waals surface area contributed by atoms with Gasteiger partial charge in [0.05, 0.1) is 22.9 Å². The van der Waals surface area contributed by atoms with Gasteiger partial charge in [-0.25, -0.2) is 18.2 Å². The molecule has 2 N–H and O–H groups in total. The van der Waals surface area contributed by atoms with Crippen LogP contribution in [0.5, 0.6) is 0 Å². The van der Waals surface area contributed by atoms with E-state index in [1.807, 2.05) is 0 Å². The van der Waals surface area contributed by atoms with Crippen molar-refractivity contribution in [2.45, 2.75) is 30.5 Å². The van der Waals surface area contributed by atoms with Gasteiger partial charge in [0.25, 0.3) is 0 Å². The largest absolute Gasteiger partial charge is 0.477 e. The molecule has 4 heterocycles. The van der Waals surface area contributed by atoms with Crippen LogP contribution in [-0.4, -0.2) is 63.2 Å². The Bertz CT molecular complexity index is 1090. The van der Waals surface area contributed by atoms with Gasteiger partial charge < -0.3 is 15.1 Å². The summed E-state index contributed by atoms with van der Waals surface area (Å²) in [7, 11) is -3.52. The van der Waals surface area contributed by atoms with Crippen molar-refractivity contribution < 1.29 is 28.2 Å². The van der Waals surface area contributed by atoms with Gasteiger partial charge in [-0.15, -0.1) is 11.3 Å². The maximum atomic E-state index is 12.3. The first-order valence-electron chi connectivity index (χ1n) is 7.75. The fourth-order valence-corrected chi connectivity index (χ4v) is 5.92. The Kier molecular flexibility index (Phi) is 3.56. The van der Waals surface area contributed by atoms with Gasteiger partial charge in [-0.1, -0.05) is 0 Å². The van der Waals surface area contributed by atoms with Crippen LogP contribution in [0, 0.1) is 5.92 Å². The standard InChI is InChI=1S/C15H15N3O6S2/c1-6(19)10-8-3-7(11(15(21)22)18(8)13(10)20)9-4-17-5-16-12(14(17)25-9)26(2,23)24/h4-6,8,10,19H,3H2,1-2H3,(H,21,22)/t6?,8-,10-/m1/s1. The third-order valence-electron chi connectivity index (χ3n) is 4.76. The molecule has 138 valence electrons. The van der Waals surface area contributed by atoms with Crippen LogP contribution >= 0.6 is 11.3 Å². The fraction of sp³-hybridized carbons (Fsp3) is 0.400. The van der Waals surface area contributed by atoms with Gasteiger partial charge in [-0.05, 0) is 13.3 Å². The number of thiazole rings is 1. The highest BCUT2D eigenvalue weighted by molar-refractivity contribution is 7.91. The smallest absolute Gasteiger partial charge is 0.352 e. The number of hydrogen-bond donors (Lipinski definition) is 2. The van der Waals surface area contributed by atoms with E-state index in [9.17, 15) is 28.2 Å². The molecule has 11 heteroatoms. The highest BCUT2D eigenvalue weighted by atomic mass is 32.2. The molecule has 1 fully saturated rings. The minimum Gasteiger partial charge on any atom is -0.477 e. The number of amides is 1. The Morgan fingerprint density at radius 1 is 1.46 bits per heavy atom. The Morgan fingerprint density at radius 2 is 2.15 bits per heavy atom. The van der Waals surface area contributed by atoms with Crippen LogP contribution in [-0.2, 0) is 19.4 Å². The van der Waals surface area contributed by atoms with E-state index in [1.54, 1.807) is 6.20 Å². The molecular weight excluding hydrogens is 382 g/mol. The Labute approximate surface area is 152 Å². The molecule has 0 bridgehead atoms. The number of carboxylic acid groups (broad SMARTS) is 1. The summed E-state index contributed by atoms with van der Waals surface area (Å²) in [4.78, 5) is 30.1. The lowest BCUT2D eigenvalue weighted by Crippen LogP contribution is -2.61. The summed E-state index contributed by atoms with van der Waals surface area (Å²) in [6.07, 6.45) is 3.48. The number of aliphatic carboxylic acids is 1. The first-order chi connectivity index (χ1) is 12.1. The van der Waals surface area contributed by atoms with Crippen molar-refractivity contribution in [3.8, 4) is 0 Å². The van der Waals surface area contributed by atoms with E-state index in [2.05, 4.69) is 4.98 Å². The maximum Gasteiger partial charge on any atom is 0.352 e. The van der Waals surface area contributed by atoms with Gasteiger partial charge in [-0.3, -0.25) is 9.20 Å². The topological polar surface area (TPSA) is 129 Å². The second-order valence-corrected chi connectivity index (χ2v) is 9.47. The lowest BCUT2D eigenvalue weighted by Gasteiger charge is -2.44. The van der Waals surface area contributed by atoms with Crippen molar-refractivity contribution in [3.05, 3.63) is 23.1 Å². The SMILES string of the molecule is CC(O)[C@H]1C(=O)N2C(C(=O)O)=C(c3cn4cnc(S(C)(=O)=O)c4s3)C[C@H]12. The third-order valence-corrected chi connectivity index (χ3v) is 7.06. The molecular formula is C15H15N3O6S2. The number of fused-ring (bicyclic) bond motifs is 2. The van der Waals surface area contributed by atoms with E-state index in [0.717, 1.165) is 17.6 Å². The van der Waals surface area contributed by atoms with Crippen molar-refractivity contribution in [1.29, 1.82) is 0 Å². The molecule has 1 saturated heterocycles. The van der Waals surface area contributed by atoms with E-state index in [4.69, 9.17) is 0 Å². The Balaban J connectivity index is 1.83. The highest BCUT2D eigenvalue weighted by Crippen LogP contribution is 2.48. The molecule has 1 amide bonds. The number of aliphatic hydroxyl groups excluding tert-OH is 1.